The van der Waals surface area contributed by atoms with Gasteiger partial charge in [0.05, 0.1) is 6.61 Å². The fourth-order valence-corrected chi connectivity index (χ4v) is 1.37. The van der Waals surface area contributed by atoms with Crippen LogP contribution < -0.4 is 0 Å². The standard InChI is InChI=1S/C3H6FI2O4P/c4-10-11(7,8)9-2-3(6)1-5/h3H,1-2H2,(H,7,8). The Kier molecular flexibility index (Phi) is 6.85. The molecule has 0 aliphatic carbocycles. The predicted octanol–water partition coefficient (Wildman–Crippen LogP) is 2.24. The molecule has 0 aromatic rings. The Balaban J connectivity index is 3.61. The topological polar surface area (TPSA) is 55.8 Å². The van der Waals surface area contributed by atoms with E-state index in [4.69, 9.17) is 4.89 Å². The fraction of sp³-hybridized carbons (Fsp3) is 1.00. The third-order valence-electron chi connectivity index (χ3n) is 0.673. The molecule has 0 rings (SSSR count). The average Bonchev–Trinajstić information content (AvgIpc) is 2.00. The van der Waals surface area contributed by atoms with Crippen LogP contribution >= 0.6 is 53.0 Å². The van der Waals surface area contributed by atoms with Crippen molar-refractivity contribution < 1.29 is 23.2 Å². The van der Waals surface area contributed by atoms with Crippen LogP contribution in [0.2, 0.25) is 0 Å². The fourth-order valence-electron chi connectivity index (χ4n) is 0.240. The Labute approximate surface area is 90.6 Å². The van der Waals surface area contributed by atoms with Crippen molar-refractivity contribution in [1.29, 1.82) is 0 Å². The Hall–Kier alpha value is 1.50. The minimum atomic E-state index is -4.42. The van der Waals surface area contributed by atoms with Gasteiger partial charge in [-0.2, -0.15) is 0 Å². The number of hydrogen-bond acceptors (Lipinski definition) is 3. The van der Waals surface area contributed by atoms with Crippen molar-refractivity contribution in [2.75, 3.05) is 11.0 Å². The molecule has 0 bridgehead atoms. The predicted molar refractivity (Wildman–Crippen MR) is 54.7 cm³/mol. The summed E-state index contributed by atoms with van der Waals surface area (Å²) in [6, 6.07) is 0. The molecule has 0 aliphatic heterocycles. The quantitative estimate of drug-likeness (QED) is 0.430. The third-order valence-corrected chi connectivity index (χ3v) is 4.87. The van der Waals surface area contributed by atoms with Gasteiger partial charge in [-0.1, -0.05) is 49.9 Å². The normalized spacial score (nSPS) is 19.3. The first-order valence-electron chi connectivity index (χ1n) is 2.49. The Morgan fingerprint density at radius 1 is 1.73 bits per heavy atom. The van der Waals surface area contributed by atoms with Gasteiger partial charge in [0.25, 0.3) is 0 Å². The smallest absolute Gasteiger partial charge is 0.301 e. The number of phosphoric acid groups is 1. The molecule has 8 heteroatoms. The van der Waals surface area contributed by atoms with Crippen LogP contribution in [0.1, 0.15) is 0 Å². The van der Waals surface area contributed by atoms with E-state index in [0.29, 0.717) is 0 Å². The van der Waals surface area contributed by atoms with E-state index < -0.39 is 7.82 Å². The van der Waals surface area contributed by atoms with Crippen molar-refractivity contribution in [1.82, 2.24) is 0 Å². The lowest BCUT2D eigenvalue weighted by molar-refractivity contribution is -0.0473. The van der Waals surface area contributed by atoms with Gasteiger partial charge in [-0.05, 0) is 4.53 Å². The lowest BCUT2D eigenvalue weighted by atomic mass is 10.5. The van der Waals surface area contributed by atoms with Crippen LogP contribution in [0.5, 0.6) is 0 Å². The van der Waals surface area contributed by atoms with Gasteiger partial charge >= 0.3 is 7.82 Å². The van der Waals surface area contributed by atoms with Crippen molar-refractivity contribution in [3.63, 3.8) is 0 Å². The molecule has 0 radical (unpaired) electrons. The summed E-state index contributed by atoms with van der Waals surface area (Å²) in [6.07, 6.45) is 0. The first kappa shape index (κ1) is 12.5. The van der Waals surface area contributed by atoms with Crippen LogP contribution in [0.4, 0.5) is 4.53 Å². The molecule has 11 heavy (non-hydrogen) atoms. The van der Waals surface area contributed by atoms with Crippen molar-refractivity contribution in [2.45, 2.75) is 3.92 Å². The molecule has 0 amide bonds. The van der Waals surface area contributed by atoms with E-state index in [0.717, 1.165) is 4.43 Å². The van der Waals surface area contributed by atoms with Crippen LogP contribution in [-0.2, 0) is 13.8 Å². The number of hydrogen-bond donors (Lipinski definition) is 1. The molecule has 0 aliphatic rings. The van der Waals surface area contributed by atoms with Crippen LogP contribution in [0.3, 0.4) is 0 Å². The molecule has 0 aromatic heterocycles. The number of phosphoric ester groups is 1. The molecule has 68 valence electrons. The number of halogens is 3. The molecular formula is C3H6FI2O4P. The van der Waals surface area contributed by atoms with Gasteiger partial charge in [0.15, 0.2) is 0 Å². The second-order valence-electron chi connectivity index (χ2n) is 1.58. The Morgan fingerprint density at radius 2 is 2.27 bits per heavy atom. The molecule has 0 heterocycles. The van der Waals surface area contributed by atoms with Crippen LogP contribution in [0, 0.1) is 0 Å². The molecule has 2 unspecified atom stereocenters. The number of alkyl halides is 2. The maximum absolute atomic E-state index is 11.2. The molecule has 4 nitrogen and oxygen atoms in total. The maximum atomic E-state index is 11.2. The van der Waals surface area contributed by atoms with Crippen molar-refractivity contribution >= 4 is 53.0 Å². The van der Waals surface area contributed by atoms with Gasteiger partial charge in [-0.15, -0.1) is 0 Å². The highest BCUT2D eigenvalue weighted by molar-refractivity contribution is 14.1. The number of rotatable bonds is 5. The van der Waals surface area contributed by atoms with E-state index in [1.807, 2.05) is 22.6 Å². The van der Waals surface area contributed by atoms with Crippen LogP contribution in [0.25, 0.3) is 0 Å². The summed E-state index contributed by atoms with van der Waals surface area (Å²) >= 11 is 4.10. The van der Waals surface area contributed by atoms with Gasteiger partial charge in [0, 0.05) is 8.35 Å². The van der Waals surface area contributed by atoms with Gasteiger partial charge in [-0.25, -0.2) is 4.57 Å². The highest BCUT2D eigenvalue weighted by Crippen LogP contribution is 2.43. The summed E-state index contributed by atoms with van der Waals surface area (Å²) in [6.45, 7) is 0.00119. The average molecular weight is 410 g/mol. The molecule has 2 atom stereocenters. The Morgan fingerprint density at radius 3 is 2.64 bits per heavy atom. The lowest BCUT2D eigenvalue weighted by Gasteiger charge is -2.08. The van der Waals surface area contributed by atoms with Crippen molar-refractivity contribution in [3.05, 3.63) is 0 Å². The molecule has 0 spiro atoms. The monoisotopic (exact) mass is 410 g/mol. The van der Waals surface area contributed by atoms with E-state index in [1.54, 1.807) is 0 Å². The lowest BCUT2D eigenvalue weighted by Crippen LogP contribution is -2.08. The van der Waals surface area contributed by atoms with Crippen molar-refractivity contribution in [3.8, 4) is 0 Å². The zero-order chi connectivity index (χ0) is 8.91. The zero-order valence-electron chi connectivity index (χ0n) is 5.24. The second kappa shape index (κ2) is 6.03. The first-order chi connectivity index (χ1) is 5.02. The molecule has 1 N–H and O–H groups in total. The highest BCUT2D eigenvalue weighted by Gasteiger charge is 2.22. The minimum absolute atomic E-state index is 0.00119. The van der Waals surface area contributed by atoms with E-state index in [-0.39, 0.29) is 10.5 Å². The van der Waals surface area contributed by atoms with Crippen LogP contribution in [0.15, 0.2) is 0 Å². The van der Waals surface area contributed by atoms with Gasteiger partial charge in [0.1, 0.15) is 0 Å². The van der Waals surface area contributed by atoms with E-state index in [2.05, 4.69) is 31.8 Å². The van der Waals surface area contributed by atoms with E-state index >= 15 is 0 Å². The highest BCUT2D eigenvalue weighted by atomic mass is 127. The summed E-state index contributed by atoms with van der Waals surface area (Å²) < 4.78 is 29.3. The van der Waals surface area contributed by atoms with Gasteiger partial charge in [0.2, 0.25) is 0 Å². The maximum Gasteiger partial charge on any atom is 0.503 e. The summed E-state index contributed by atoms with van der Waals surface area (Å²) in [7, 11) is -4.42. The molecular weight excluding hydrogens is 404 g/mol. The SMILES string of the molecule is O=P(O)(OF)OCC(I)CI. The van der Waals surface area contributed by atoms with E-state index in [1.165, 1.54) is 0 Å². The summed E-state index contributed by atoms with van der Waals surface area (Å²) in [5.41, 5.74) is 0. The van der Waals surface area contributed by atoms with Crippen molar-refractivity contribution in [2.24, 2.45) is 0 Å². The summed E-state index contributed by atoms with van der Waals surface area (Å²) in [5.74, 6) is 0. The largest absolute Gasteiger partial charge is 0.503 e. The Bertz CT molecular complexity index is 156. The molecule has 0 saturated carbocycles. The summed E-state index contributed by atoms with van der Waals surface area (Å²) in [4.78, 5) is 8.40. The second-order valence-corrected chi connectivity index (χ2v) is 5.56. The minimum Gasteiger partial charge on any atom is -0.301 e. The third kappa shape index (κ3) is 6.64. The molecule has 0 aromatic carbocycles. The zero-order valence-corrected chi connectivity index (χ0v) is 10.5. The summed E-state index contributed by atoms with van der Waals surface area (Å²) in [5, 5.41) is 0. The first-order valence-corrected chi connectivity index (χ1v) is 6.76. The molecule has 0 saturated heterocycles. The van der Waals surface area contributed by atoms with Crippen LogP contribution in [-0.4, -0.2) is 19.9 Å². The molecule has 0 fully saturated rings. The van der Waals surface area contributed by atoms with Gasteiger partial charge < -0.3 is 4.89 Å². The van der Waals surface area contributed by atoms with Gasteiger partial charge in [-0.3, -0.25) is 4.52 Å². The van der Waals surface area contributed by atoms with E-state index in [9.17, 15) is 9.09 Å².